The second-order valence-corrected chi connectivity index (χ2v) is 4.12. The molecule has 1 heterocycles. The Kier molecular flexibility index (Phi) is 3.20. The largest absolute Gasteiger partial charge is 0.457 e. The van der Waals surface area contributed by atoms with Crippen LogP contribution in [0.2, 0.25) is 5.02 Å². The van der Waals surface area contributed by atoms with Gasteiger partial charge in [-0.05, 0) is 49.2 Å². The average molecular weight is 251 g/mol. The molecule has 3 nitrogen and oxygen atoms in total. The van der Waals surface area contributed by atoms with Gasteiger partial charge in [-0.1, -0.05) is 11.6 Å². The molecule has 0 saturated carbocycles. The molecule has 0 aliphatic carbocycles. The van der Waals surface area contributed by atoms with Crippen LogP contribution in [-0.4, -0.2) is 5.97 Å². The summed E-state index contributed by atoms with van der Waals surface area (Å²) in [5.74, 6) is 0.122. The molecule has 2 rings (SSSR count). The van der Waals surface area contributed by atoms with Gasteiger partial charge in [0.15, 0.2) is 0 Å². The molecule has 0 spiro atoms. The van der Waals surface area contributed by atoms with E-state index in [9.17, 15) is 4.79 Å². The predicted molar refractivity (Wildman–Crippen MR) is 64.6 cm³/mol. The Bertz CT molecular complexity index is 521. The minimum atomic E-state index is -0.517. The van der Waals surface area contributed by atoms with Crippen LogP contribution in [0.1, 0.15) is 21.7 Å². The van der Waals surface area contributed by atoms with Crippen LogP contribution in [0.3, 0.4) is 0 Å². The number of aryl methyl sites for hydroxylation is 2. The van der Waals surface area contributed by atoms with E-state index in [0.29, 0.717) is 10.8 Å². The van der Waals surface area contributed by atoms with E-state index >= 15 is 0 Å². The first kappa shape index (κ1) is 11.7. The van der Waals surface area contributed by atoms with Gasteiger partial charge in [0.25, 0.3) is 0 Å². The molecule has 17 heavy (non-hydrogen) atoms. The van der Waals surface area contributed by atoms with Crippen molar-refractivity contribution in [3.63, 3.8) is 0 Å². The number of benzene rings is 1. The molecule has 2 aromatic rings. The molecule has 0 unspecified atom stereocenters. The van der Waals surface area contributed by atoms with E-state index < -0.39 is 5.97 Å². The van der Waals surface area contributed by atoms with Crippen LogP contribution < -0.4 is 4.74 Å². The predicted octanol–water partition coefficient (Wildman–Crippen LogP) is 3.77. The molecule has 0 bridgehead atoms. The smallest absolute Gasteiger partial charge is 0.379 e. The zero-order valence-corrected chi connectivity index (χ0v) is 10.2. The van der Waals surface area contributed by atoms with Crippen molar-refractivity contribution in [1.82, 2.24) is 0 Å². The number of hydrogen-bond donors (Lipinski definition) is 0. The van der Waals surface area contributed by atoms with Gasteiger partial charge < -0.3 is 9.15 Å². The number of furan rings is 1. The first-order chi connectivity index (χ1) is 8.08. The number of ether oxygens (including phenoxy) is 1. The quantitative estimate of drug-likeness (QED) is 0.602. The topological polar surface area (TPSA) is 39.4 Å². The SMILES string of the molecule is Cc1cc(OC(=O)c2ccco2)cc(C)c1Cl. The Morgan fingerprint density at radius 1 is 1.29 bits per heavy atom. The van der Waals surface area contributed by atoms with Gasteiger partial charge in [-0.3, -0.25) is 0 Å². The number of halogens is 1. The van der Waals surface area contributed by atoms with Gasteiger partial charge in [-0.25, -0.2) is 4.79 Å². The average Bonchev–Trinajstić information content (AvgIpc) is 2.79. The van der Waals surface area contributed by atoms with Gasteiger partial charge in [-0.15, -0.1) is 0 Å². The van der Waals surface area contributed by atoms with Crippen LogP contribution in [0, 0.1) is 13.8 Å². The van der Waals surface area contributed by atoms with Crippen molar-refractivity contribution in [3.05, 3.63) is 52.4 Å². The normalized spacial score (nSPS) is 10.3. The third-order valence-electron chi connectivity index (χ3n) is 2.34. The van der Waals surface area contributed by atoms with Gasteiger partial charge in [0.2, 0.25) is 5.76 Å². The lowest BCUT2D eigenvalue weighted by Crippen LogP contribution is -2.07. The molecule has 0 atom stereocenters. The highest BCUT2D eigenvalue weighted by atomic mass is 35.5. The first-order valence-corrected chi connectivity index (χ1v) is 5.48. The summed E-state index contributed by atoms with van der Waals surface area (Å²) in [6, 6.07) is 6.62. The molecule has 0 aliphatic heterocycles. The van der Waals surface area contributed by atoms with Crippen LogP contribution in [-0.2, 0) is 0 Å². The van der Waals surface area contributed by atoms with E-state index in [2.05, 4.69) is 0 Å². The van der Waals surface area contributed by atoms with Crippen LogP contribution in [0.4, 0.5) is 0 Å². The number of hydrogen-bond acceptors (Lipinski definition) is 3. The van der Waals surface area contributed by atoms with Gasteiger partial charge in [0.1, 0.15) is 5.75 Å². The minimum Gasteiger partial charge on any atom is -0.457 e. The lowest BCUT2D eigenvalue weighted by molar-refractivity contribution is 0.0701. The maximum atomic E-state index is 11.6. The van der Waals surface area contributed by atoms with Gasteiger partial charge >= 0.3 is 5.97 Å². The van der Waals surface area contributed by atoms with E-state index in [1.165, 1.54) is 6.26 Å². The van der Waals surface area contributed by atoms with E-state index in [1.807, 2.05) is 13.8 Å². The Hall–Kier alpha value is -1.74. The van der Waals surface area contributed by atoms with Crippen molar-refractivity contribution in [1.29, 1.82) is 0 Å². The standard InChI is InChI=1S/C13H11ClO3/c1-8-6-10(7-9(2)12(8)14)17-13(15)11-4-3-5-16-11/h3-7H,1-2H3. The van der Waals surface area contributed by atoms with Crippen LogP contribution >= 0.6 is 11.6 Å². The molecule has 0 radical (unpaired) electrons. The highest BCUT2D eigenvalue weighted by Gasteiger charge is 2.12. The second kappa shape index (κ2) is 4.63. The van der Waals surface area contributed by atoms with Crippen LogP contribution in [0.25, 0.3) is 0 Å². The molecule has 0 saturated heterocycles. The summed E-state index contributed by atoms with van der Waals surface area (Å²) in [4.78, 5) is 11.6. The fourth-order valence-corrected chi connectivity index (χ4v) is 1.63. The zero-order valence-electron chi connectivity index (χ0n) is 9.49. The summed E-state index contributed by atoms with van der Waals surface area (Å²) in [5, 5.41) is 0.683. The number of rotatable bonds is 2. The van der Waals surface area contributed by atoms with Crippen molar-refractivity contribution in [3.8, 4) is 5.75 Å². The highest BCUT2D eigenvalue weighted by molar-refractivity contribution is 6.32. The van der Waals surface area contributed by atoms with E-state index in [1.54, 1.807) is 24.3 Å². The number of carbonyl (C=O) groups excluding carboxylic acids is 1. The number of carbonyl (C=O) groups is 1. The number of esters is 1. The van der Waals surface area contributed by atoms with Crippen molar-refractivity contribution in [2.45, 2.75) is 13.8 Å². The van der Waals surface area contributed by atoms with Crippen LogP contribution in [0.5, 0.6) is 5.75 Å². The van der Waals surface area contributed by atoms with Gasteiger partial charge in [-0.2, -0.15) is 0 Å². The molecule has 4 heteroatoms. The monoisotopic (exact) mass is 250 g/mol. The summed E-state index contributed by atoms with van der Waals surface area (Å²) < 4.78 is 10.1. The second-order valence-electron chi connectivity index (χ2n) is 3.74. The molecule has 0 N–H and O–H groups in total. The summed E-state index contributed by atoms with van der Waals surface area (Å²) in [7, 11) is 0. The highest BCUT2D eigenvalue weighted by Crippen LogP contribution is 2.26. The first-order valence-electron chi connectivity index (χ1n) is 5.10. The maximum Gasteiger partial charge on any atom is 0.379 e. The molecule has 1 aromatic carbocycles. The lowest BCUT2D eigenvalue weighted by Gasteiger charge is -2.07. The van der Waals surface area contributed by atoms with E-state index in [0.717, 1.165) is 11.1 Å². The lowest BCUT2D eigenvalue weighted by atomic mass is 10.1. The molecular formula is C13H11ClO3. The Balaban J connectivity index is 2.22. The van der Waals surface area contributed by atoms with Gasteiger partial charge in [0.05, 0.1) is 6.26 Å². The molecule has 0 amide bonds. The molecule has 88 valence electrons. The van der Waals surface area contributed by atoms with Crippen molar-refractivity contribution in [2.75, 3.05) is 0 Å². The van der Waals surface area contributed by atoms with E-state index in [4.69, 9.17) is 20.8 Å². The molecule has 0 fully saturated rings. The minimum absolute atomic E-state index is 0.176. The summed E-state index contributed by atoms with van der Waals surface area (Å²) in [6.45, 7) is 3.72. The Morgan fingerprint density at radius 2 is 1.94 bits per heavy atom. The maximum absolute atomic E-state index is 11.6. The molecular weight excluding hydrogens is 240 g/mol. The van der Waals surface area contributed by atoms with Gasteiger partial charge in [0, 0.05) is 5.02 Å². The molecule has 0 aliphatic rings. The fourth-order valence-electron chi connectivity index (χ4n) is 1.52. The fraction of sp³-hybridized carbons (Fsp3) is 0.154. The third kappa shape index (κ3) is 2.50. The molecule has 1 aromatic heterocycles. The summed E-state index contributed by atoms with van der Waals surface area (Å²) in [5.41, 5.74) is 1.74. The van der Waals surface area contributed by atoms with Crippen molar-refractivity contribution < 1.29 is 13.9 Å². The Morgan fingerprint density at radius 3 is 2.47 bits per heavy atom. The van der Waals surface area contributed by atoms with Crippen molar-refractivity contribution >= 4 is 17.6 Å². The third-order valence-corrected chi connectivity index (χ3v) is 2.94. The van der Waals surface area contributed by atoms with Crippen LogP contribution in [0.15, 0.2) is 34.9 Å². The summed E-state index contributed by atoms with van der Waals surface area (Å²) in [6.07, 6.45) is 1.43. The summed E-state index contributed by atoms with van der Waals surface area (Å²) >= 11 is 6.03. The van der Waals surface area contributed by atoms with E-state index in [-0.39, 0.29) is 5.76 Å². The Labute approximate surface area is 104 Å². The zero-order chi connectivity index (χ0) is 12.4. The van der Waals surface area contributed by atoms with Crippen molar-refractivity contribution in [2.24, 2.45) is 0 Å².